The molecule has 1 amide bonds. The van der Waals surface area contributed by atoms with E-state index >= 15 is 0 Å². The summed E-state index contributed by atoms with van der Waals surface area (Å²) >= 11 is 12.5. The third-order valence-electron chi connectivity index (χ3n) is 4.61. The zero-order valence-corrected chi connectivity index (χ0v) is 14.7. The number of halogens is 2. The van der Waals surface area contributed by atoms with Crippen LogP contribution in [0.5, 0.6) is 0 Å². The first-order valence-corrected chi connectivity index (χ1v) is 8.42. The molecule has 122 valence electrons. The van der Waals surface area contributed by atoms with E-state index in [9.17, 15) is 4.79 Å². The first kappa shape index (κ1) is 17.6. The summed E-state index contributed by atoms with van der Waals surface area (Å²) in [7, 11) is 0. The van der Waals surface area contributed by atoms with Crippen molar-refractivity contribution in [2.75, 3.05) is 6.61 Å². The highest BCUT2D eigenvalue weighted by molar-refractivity contribution is 6.53. The Kier molecular flexibility index (Phi) is 5.41. The minimum atomic E-state index is -0.962. The Hall–Kier alpha value is -0.770. The van der Waals surface area contributed by atoms with Crippen LogP contribution >= 0.6 is 23.2 Å². The van der Waals surface area contributed by atoms with Crippen molar-refractivity contribution in [3.8, 4) is 0 Å². The Morgan fingerprint density at radius 2 is 1.95 bits per heavy atom. The molecule has 1 saturated carbocycles. The lowest BCUT2D eigenvalue weighted by Gasteiger charge is -2.20. The lowest BCUT2D eigenvalue weighted by Crippen LogP contribution is -2.42. The van der Waals surface area contributed by atoms with Gasteiger partial charge in [0.25, 0.3) is 0 Å². The maximum atomic E-state index is 12.5. The molecule has 0 radical (unpaired) electrons. The average Bonchev–Trinajstić information content (AvgIpc) is 2.93. The van der Waals surface area contributed by atoms with E-state index in [4.69, 9.17) is 27.9 Å². The fraction of sp³-hybridized carbons (Fsp3) is 0.588. The molecule has 1 aliphatic rings. The van der Waals surface area contributed by atoms with Crippen molar-refractivity contribution in [2.45, 2.75) is 44.2 Å². The molecular weight excluding hydrogens is 321 g/mol. The Labute approximate surface area is 142 Å². The number of rotatable bonds is 7. The molecule has 1 aromatic rings. The van der Waals surface area contributed by atoms with E-state index in [1.54, 1.807) is 0 Å². The summed E-state index contributed by atoms with van der Waals surface area (Å²) in [6.45, 7) is 6.76. The van der Waals surface area contributed by atoms with Gasteiger partial charge in [-0.15, -0.1) is 23.2 Å². The summed E-state index contributed by atoms with van der Waals surface area (Å²) in [4.78, 5) is 12.5. The van der Waals surface area contributed by atoms with E-state index < -0.39 is 9.75 Å². The highest BCUT2D eigenvalue weighted by Crippen LogP contribution is 2.70. The van der Waals surface area contributed by atoms with Crippen molar-refractivity contribution in [3.05, 3.63) is 35.9 Å². The van der Waals surface area contributed by atoms with E-state index in [1.165, 1.54) is 0 Å². The van der Waals surface area contributed by atoms with Crippen LogP contribution in [0, 0.1) is 11.3 Å². The molecule has 0 aromatic heterocycles. The van der Waals surface area contributed by atoms with E-state index in [0.29, 0.717) is 19.6 Å². The van der Waals surface area contributed by atoms with E-state index in [1.807, 2.05) is 51.1 Å². The zero-order chi connectivity index (χ0) is 16.4. The lowest BCUT2D eigenvalue weighted by molar-refractivity contribution is -0.128. The first-order chi connectivity index (χ1) is 10.4. The second kappa shape index (κ2) is 6.77. The van der Waals surface area contributed by atoms with E-state index in [2.05, 4.69) is 5.32 Å². The fourth-order valence-corrected chi connectivity index (χ4v) is 4.04. The monoisotopic (exact) mass is 343 g/mol. The molecule has 1 N–H and O–H groups in total. The van der Waals surface area contributed by atoms with Crippen LogP contribution < -0.4 is 5.32 Å². The summed E-state index contributed by atoms with van der Waals surface area (Å²) in [6.07, 6.45) is 0.630. The second-order valence-electron chi connectivity index (χ2n) is 6.04. The molecule has 1 aromatic carbocycles. The SMILES string of the molecule is CC[C@@]1(C(=O)N[C@H](C)COCc2ccccc2)[C@H](C)C1(Cl)Cl. The molecule has 22 heavy (non-hydrogen) atoms. The highest BCUT2D eigenvalue weighted by atomic mass is 35.5. The summed E-state index contributed by atoms with van der Waals surface area (Å²) in [5.41, 5.74) is 0.437. The average molecular weight is 344 g/mol. The zero-order valence-electron chi connectivity index (χ0n) is 13.2. The Morgan fingerprint density at radius 3 is 2.45 bits per heavy atom. The van der Waals surface area contributed by atoms with E-state index in [0.717, 1.165) is 5.56 Å². The number of carbonyl (C=O) groups excluding carboxylic acids is 1. The van der Waals surface area contributed by atoms with Crippen molar-refractivity contribution in [1.29, 1.82) is 0 Å². The molecule has 0 spiro atoms. The van der Waals surface area contributed by atoms with Crippen molar-refractivity contribution < 1.29 is 9.53 Å². The number of carbonyl (C=O) groups is 1. The summed E-state index contributed by atoms with van der Waals surface area (Å²) in [6, 6.07) is 9.86. The van der Waals surface area contributed by atoms with Crippen LogP contribution in [-0.4, -0.2) is 22.9 Å². The Balaban J connectivity index is 1.80. The highest BCUT2D eigenvalue weighted by Gasteiger charge is 2.76. The largest absolute Gasteiger partial charge is 0.375 e. The van der Waals surface area contributed by atoms with Gasteiger partial charge in [0.1, 0.15) is 4.33 Å². The normalized spacial score (nSPS) is 27.2. The van der Waals surface area contributed by atoms with Crippen LogP contribution in [0.3, 0.4) is 0 Å². The van der Waals surface area contributed by atoms with Crippen LogP contribution in [-0.2, 0) is 16.1 Å². The molecule has 2 rings (SSSR count). The van der Waals surface area contributed by atoms with Gasteiger partial charge in [-0.2, -0.15) is 0 Å². The molecule has 3 atom stereocenters. The maximum Gasteiger partial charge on any atom is 0.229 e. The summed E-state index contributed by atoms with van der Waals surface area (Å²) in [5, 5.41) is 2.97. The minimum absolute atomic E-state index is 0.0363. The molecule has 1 aliphatic carbocycles. The number of amides is 1. The third kappa shape index (κ3) is 3.12. The van der Waals surface area contributed by atoms with Gasteiger partial charge in [0, 0.05) is 12.0 Å². The van der Waals surface area contributed by atoms with Crippen LogP contribution in [0.4, 0.5) is 0 Å². The van der Waals surface area contributed by atoms with Crippen molar-refractivity contribution in [1.82, 2.24) is 5.32 Å². The van der Waals surface area contributed by atoms with Crippen LogP contribution in [0.2, 0.25) is 0 Å². The molecule has 0 saturated heterocycles. The minimum Gasteiger partial charge on any atom is -0.375 e. The molecular formula is C17H23Cl2NO2. The van der Waals surface area contributed by atoms with Gasteiger partial charge < -0.3 is 10.1 Å². The quantitative estimate of drug-likeness (QED) is 0.761. The number of alkyl halides is 2. The summed E-state index contributed by atoms with van der Waals surface area (Å²) in [5.74, 6) is -0.117. The van der Waals surface area contributed by atoms with Crippen molar-refractivity contribution in [2.24, 2.45) is 11.3 Å². The van der Waals surface area contributed by atoms with Gasteiger partial charge in [-0.05, 0) is 18.9 Å². The predicted octanol–water partition coefficient (Wildman–Crippen LogP) is 3.93. The predicted molar refractivity (Wildman–Crippen MR) is 90.0 cm³/mol. The topological polar surface area (TPSA) is 38.3 Å². The third-order valence-corrected chi connectivity index (χ3v) is 5.94. The van der Waals surface area contributed by atoms with Gasteiger partial charge in [0.05, 0.1) is 18.6 Å². The molecule has 0 bridgehead atoms. The molecule has 0 heterocycles. The van der Waals surface area contributed by atoms with Gasteiger partial charge in [0.15, 0.2) is 0 Å². The van der Waals surface area contributed by atoms with Crippen LogP contribution in [0.25, 0.3) is 0 Å². The van der Waals surface area contributed by atoms with Gasteiger partial charge in [-0.3, -0.25) is 4.79 Å². The number of hydrogen-bond donors (Lipinski definition) is 1. The van der Waals surface area contributed by atoms with Crippen LogP contribution in [0.1, 0.15) is 32.8 Å². The Morgan fingerprint density at radius 1 is 1.36 bits per heavy atom. The Bertz CT molecular complexity index is 521. The van der Waals surface area contributed by atoms with Crippen LogP contribution in [0.15, 0.2) is 30.3 Å². The molecule has 5 heteroatoms. The molecule has 1 fully saturated rings. The van der Waals surface area contributed by atoms with Gasteiger partial charge in [0.2, 0.25) is 5.91 Å². The van der Waals surface area contributed by atoms with E-state index in [-0.39, 0.29) is 17.9 Å². The summed E-state index contributed by atoms with van der Waals surface area (Å²) < 4.78 is 4.69. The first-order valence-electron chi connectivity index (χ1n) is 7.66. The molecule has 0 unspecified atom stereocenters. The number of ether oxygens (including phenoxy) is 1. The van der Waals surface area contributed by atoms with Gasteiger partial charge in [-0.25, -0.2) is 0 Å². The maximum absolute atomic E-state index is 12.5. The van der Waals surface area contributed by atoms with Crippen molar-refractivity contribution >= 4 is 29.1 Å². The smallest absolute Gasteiger partial charge is 0.229 e. The standard InChI is InChI=1S/C17H23Cl2NO2/c1-4-16(13(3)17(16,18)19)15(21)20-12(2)10-22-11-14-8-6-5-7-9-14/h5-9,12-13H,4,10-11H2,1-3H3,(H,20,21)/t12-,13+,16+/m1/s1. The number of benzene rings is 1. The fourth-order valence-electron chi connectivity index (χ4n) is 3.01. The van der Waals surface area contributed by atoms with Crippen molar-refractivity contribution in [3.63, 3.8) is 0 Å². The molecule has 0 aliphatic heterocycles. The number of nitrogens with one attached hydrogen (secondary N) is 1. The van der Waals surface area contributed by atoms with Gasteiger partial charge in [-0.1, -0.05) is 44.2 Å². The lowest BCUT2D eigenvalue weighted by atomic mass is 9.99. The van der Waals surface area contributed by atoms with Gasteiger partial charge >= 0.3 is 0 Å². The molecule has 3 nitrogen and oxygen atoms in total. The number of hydrogen-bond acceptors (Lipinski definition) is 2. The second-order valence-corrected chi connectivity index (χ2v) is 7.43.